The van der Waals surface area contributed by atoms with Gasteiger partial charge in [0.2, 0.25) is 0 Å². The van der Waals surface area contributed by atoms with Gasteiger partial charge in [-0.25, -0.2) is 9.82 Å². The minimum atomic E-state index is -0.879. The van der Waals surface area contributed by atoms with Gasteiger partial charge in [0.1, 0.15) is 12.4 Å². The summed E-state index contributed by atoms with van der Waals surface area (Å²) in [7, 11) is 1.45. The summed E-state index contributed by atoms with van der Waals surface area (Å²) >= 11 is 9.39. The third-order valence-corrected chi connectivity index (χ3v) is 4.54. The van der Waals surface area contributed by atoms with E-state index >= 15 is 0 Å². The zero-order chi connectivity index (χ0) is 21.4. The summed E-state index contributed by atoms with van der Waals surface area (Å²) in [6, 6.07) is 7.64. The quantitative estimate of drug-likeness (QED) is 0.357. The Morgan fingerprint density at radius 2 is 2.07 bits per heavy atom. The molecule has 2 amide bonds. The summed E-state index contributed by atoms with van der Waals surface area (Å²) < 4.78 is 25.5. The molecule has 29 heavy (non-hydrogen) atoms. The van der Waals surface area contributed by atoms with Gasteiger partial charge in [-0.15, -0.1) is 0 Å². The highest BCUT2D eigenvalue weighted by atomic mass is 79.9. The second-order valence-corrected chi connectivity index (χ2v) is 6.84. The maximum absolute atomic E-state index is 13.9. The molecule has 0 unspecified atom stereocenters. The van der Waals surface area contributed by atoms with E-state index in [9.17, 15) is 14.0 Å². The van der Waals surface area contributed by atoms with Gasteiger partial charge in [0.25, 0.3) is 0 Å². The van der Waals surface area contributed by atoms with E-state index in [-0.39, 0.29) is 17.2 Å². The predicted octanol–water partition coefficient (Wildman–Crippen LogP) is 3.42. The van der Waals surface area contributed by atoms with E-state index < -0.39 is 17.6 Å². The van der Waals surface area contributed by atoms with E-state index in [1.54, 1.807) is 25.1 Å². The molecular formula is C19H18BrClFN3O4. The Kier molecular flexibility index (Phi) is 8.41. The van der Waals surface area contributed by atoms with Crippen LogP contribution in [0.15, 0.2) is 39.9 Å². The number of likely N-dealkylation sites (N-methyl/N-ethyl adjacent to an activating group) is 1. The topological polar surface area (TPSA) is 89.0 Å². The van der Waals surface area contributed by atoms with Crippen molar-refractivity contribution in [3.8, 4) is 11.5 Å². The Hall–Kier alpha value is -2.65. The minimum Gasteiger partial charge on any atom is -0.493 e. The molecule has 10 heteroatoms. The van der Waals surface area contributed by atoms with Crippen LogP contribution in [0.2, 0.25) is 5.02 Å². The minimum absolute atomic E-state index is 0.101. The number of hydrazone groups is 1. The van der Waals surface area contributed by atoms with Gasteiger partial charge in [-0.2, -0.15) is 5.10 Å². The van der Waals surface area contributed by atoms with Crippen LogP contribution in [0, 0.1) is 5.82 Å². The molecule has 0 saturated heterocycles. The first-order valence-corrected chi connectivity index (χ1v) is 9.58. The fourth-order valence-corrected chi connectivity index (χ4v) is 3.02. The van der Waals surface area contributed by atoms with Crippen LogP contribution in [0.1, 0.15) is 18.1 Å². The molecule has 2 rings (SSSR count). The van der Waals surface area contributed by atoms with Gasteiger partial charge in [-0.3, -0.25) is 9.59 Å². The van der Waals surface area contributed by atoms with E-state index in [2.05, 4.69) is 31.8 Å². The first-order valence-electron chi connectivity index (χ1n) is 8.41. The molecule has 0 aromatic heterocycles. The van der Waals surface area contributed by atoms with Crippen molar-refractivity contribution in [2.75, 3.05) is 13.7 Å². The van der Waals surface area contributed by atoms with Crippen molar-refractivity contribution in [2.24, 2.45) is 5.10 Å². The lowest BCUT2D eigenvalue weighted by atomic mass is 10.2. The number of halogens is 3. The highest BCUT2D eigenvalue weighted by molar-refractivity contribution is 9.10. The van der Waals surface area contributed by atoms with Gasteiger partial charge < -0.3 is 14.8 Å². The Labute approximate surface area is 180 Å². The SMILES string of the molecule is CCNC(=O)C(=O)N/N=C\c1cc(Br)c(OCc2c(F)cccc2Cl)c(OC)c1. The second kappa shape index (κ2) is 10.8. The van der Waals surface area contributed by atoms with Crippen molar-refractivity contribution in [1.29, 1.82) is 0 Å². The van der Waals surface area contributed by atoms with Crippen molar-refractivity contribution in [2.45, 2.75) is 13.5 Å². The molecule has 0 radical (unpaired) electrons. The van der Waals surface area contributed by atoms with E-state index in [0.717, 1.165) is 0 Å². The molecule has 7 nitrogen and oxygen atoms in total. The Morgan fingerprint density at radius 3 is 2.72 bits per heavy atom. The number of nitrogens with zero attached hydrogens (tertiary/aromatic N) is 1. The summed E-state index contributed by atoms with van der Waals surface area (Å²) in [6.45, 7) is 1.93. The molecule has 0 saturated carbocycles. The van der Waals surface area contributed by atoms with Crippen LogP contribution < -0.4 is 20.2 Å². The summed E-state index contributed by atoms with van der Waals surface area (Å²) in [5.74, 6) is -1.44. The summed E-state index contributed by atoms with van der Waals surface area (Å²) in [6.07, 6.45) is 1.34. The van der Waals surface area contributed by atoms with Crippen LogP contribution in [-0.4, -0.2) is 31.7 Å². The number of ether oxygens (including phenoxy) is 2. The average Bonchev–Trinajstić information content (AvgIpc) is 2.68. The van der Waals surface area contributed by atoms with Gasteiger partial charge in [-0.1, -0.05) is 17.7 Å². The number of methoxy groups -OCH3 is 1. The Bertz CT molecular complexity index is 920. The molecule has 2 aromatic carbocycles. The lowest BCUT2D eigenvalue weighted by Gasteiger charge is -2.14. The summed E-state index contributed by atoms with van der Waals surface area (Å²) in [4.78, 5) is 22.9. The van der Waals surface area contributed by atoms with Gasteiger partial charge in [-0.05, 0) is 52.7 Å². The highest BCUT2D eigenvalue weighted by Gasteiger charge is 2.15. The number of hydrogen-bond acceptors (Lipinski definition) is 5. The predicted molar refractivity (Wildman–Crippen MR) is 111 cm³/mol. The fraction of sp³-hybridized carbons (Fsp3) is 0.211. The molecule has 0 bridgehead atoms. The third kappa shape index (κ3) is 6.16. The molecule has 0 spiro atoms. The standard InChI is InChI=1S/C19H18BrClFN3O4/c1-3-23-18(26)19(27)25-24-9-11-7-13(20)17(16(8-11)28-2)29-10-12-14(21)5-4-6-15(12)22/h4-9H,3,10H2,1-2H3,(H,23,26)(H,25,27)/b24-9-. The lowest BCUT2D eigenvalue weighted by Crippen LogP contribution is -2.37. The number of amides is 2. The Morgan fingerprint density at radius 1 is 1.31 bits per heavy atom. The normalized spacial score (nSPS) is 10.7. The summed E-state index contributed by atoms with van der Waals surface area (Å²) in [5.41, 5.74) is 2.90. The van der Waals surface area contributed by atoms with E-state index in [1.807, 2.05) is 0 Å². The van der Waals surface area contributed by atoms with Crippen LogP contribution in [0.5, 0.6) is 11.5 Å². The maximum Gasteiger partial charge on any atom is 0.329 e. The number of rotatable bonds is 7. The van der Waals surface area contributed by atoms with Crippen molar-refractivity contribution >= 4 is 45.6 Å². The molecule has 0 atom stereocenters. The van der Waals surface area contributed by atoms with Gasteiger partial charge in [0.15, 0.2) is 11.5 Å². The van der Waals surface area contributed by atoms with Crippen molar-refractivity contribution in [3.05, 3.63) is 56.8 Å². The van der Waals surface area contributed by atoms with Crippen LogP contribution in [0.3, 0.4) is 0 Å². The lowest BCUT2D eigenvalue weighted by molar-refractivity contribution is -0.139. The monoisotopic (exact) mass is 485 g/mol. The Balaban J connectivity index is 2.13. The van der Waals surface area contributed by atoms with E-state index in [1.165, 1.54) is 25.5 Å². The number of nitrogens with one attached hydrogen (secondary N) is 2. The van der Waals surface area contributed by atoms with Crippen LogP contribution in [0.25, 0.3) is 0 Å². The highest BCUT2D eigenvalue weighted by Crippen LogP contribution is 2.37. The fourth-order valence-electron chi connectivity index (χ4n) is 2.23. The van der Waals surface area contributed by atoms with E-state index in [4.69, 9.17) is 21.1 Å². The van der Waals surface area contributed by atoms with Crippen molar-refractivity contribution in [3.63, 3.8) is 0 Å². The van der Waals surface area contributed by atoms with Gasteiger partial charge in [0.05, 0.1) is 22.8 Å². The molecule has 0 heterocycles. The second-order valence-electron chi connectivity index (χ2n) is 5.58. The van der Waals surface area contributed by atoms with Crippen molar-refractivity contribution in [1.82, 2.24) is 10.7 Å². The zero-order valence-corrected chi connectivity index (χ0v) is 17.9. The number of hydrogen-bond donors (Lipinski definition) is 2. The summed E-state index contributed by atoms with van der Waals surface area (Å²) in [5, 5.41) is 6.35. The molecule has 0 aliphatic heterocycles. The van der Waals surface area contributed by atoms with Crippen molar-refractivity contribution < 1.29 is 23.5 Å². The number of benzene rings is 2. The van der Waals surface area contributed by atoms with Crippen LogP contribution in [0.4, 0.5) is 4.39 Å². The number of carbonyl (C=O) groups is 2. The number of carbonyl (C=O) groups excluding carboxylic acids is 2. The molecule has 154 valence electrons. The first-order chi connectivity index (χ1) is 13.9. The van der Waals surface area contributed by atoms with Crippen LogP contribution >= 0.6 is 27.5 Å². The molecule has 0 fully saturated rings. The molecule has 0 aliphatic rings. The third-order valence-electron chi connectivity index (χ3n) is 3.60. The average molecular weight is 487 g/mol. The smallest absolute Gasteiger partial charge is 0.329 e. The molecular weight excluding hydrogens is 469 g/mol. The van der Waals surface area contributed by atoms with Gasteiger partial charge >= 0.3 is 11.8 Å². The largest absolute Gasteiger partial charge is 0.493 e. The van der Waals surface area contributed by atoms with Crippen LogP contribution in [-0.2, 0) is 16.2 Å². The molecule has 2 aromatic rings. The zero-order valence-electron chi connectivity index (χ0n) is 15.6. The first kappa shape index (κ1) is 22.6. The van der Waals surface area contributed by atoms with E-state index in [0.29, 0.717) is 28.1 Å². The molecule has 0 aliphatic carbocycles. The van der Waals surface area contributed by atoms with Gasteiger partial charge in [0, 0.05) is 12.1 Å². The maximum atomic E-state index is 13.9. The molecule has 2 N–H and O–H groups in total.